The first kappa shape index (κ1) is 22.6. The number of likely N-dealkylation sites (tertiary alicyclic amines) is 1. The van der Waals surface area contributed by atoms with Gasteiger partial charge in [-0.05, 0) is 53.8 Å². The van der Waals surface area contributed by atoms with Crippen molar-refractivity contribution in [2.24, 2.45) is 5.41 Å². The second-order valence-electron chi connectivity index (χ2n) is 9.02. The molecule has 0 spiro atoms. The Hall–Kier alpha value is -3.60. The van der Waals surface area contributed by atoms with E-state index in [1.807, 2.05) is 72.4 Å². The van der Waals surface area contributed by atoms with E-state index in [0.29, 0.717) is 31.5 Å². The van der Waals surface area contributed by atoms with E-state index < -0.39 is 5.41 Å². The van der Waals surface area contributed by atoms with Gasteiger partial charge >= 0.3 is 0 Å². The Bertz CT molecular complexity index is 1130. The molecule has 0 saturated carbocycles. The Balaban J connectivity index is 1.55. The van der Waals surface area contributed by atoms with Crippen molar-refractivity contribution in [2.75, 3.05) is 39.1 Å². The minimum Gasteiger partial charge on any atom is -0.378 e. The van der Waals surface area contributed by atoms with Crippen molar-refractivity contribution < 1.29 is 9.59 Å². The lowest BCUT2D eigenvalue weighted by Gasteiger charge is -2.28. The Morgan fingerprint density at radius 3 is 2.30 bits per heavy atom. The molecule has 1 fully saturated rings. The molecule has 0 aromatic heterocycles. The van der Waals surface area contributed by atoms with Gasteiger partial charge in [-0.1, -0.05) is 54.6 Å². The van der Waals surface area contributed by atoms with E-state index in [1.165, 1.54) is 0 Å². The first-order chi connectivity index (χ1) is 15.9. The van der Waals surface area contributed by atoms with Crippen LogP contribution < -0.4 is 10.2 Å². The molecule has 3 aromatic rings. The Kier molecular flexibility index (Phi) is 6.50. The number of amides is 2. The highest BCUT2D eigenvalue weighted by Gasteiger charge is 2.45. The Labute approximate surface area is 196 Å². The lowest BCUT2D eigenvalue weighted by molar-refractivity contribution is -0.129. The van der Waals surface area contributed by atoms with Gasteiger partial charge in [0.05, 0.1) is 5.41 Å². The topological polar surface area (TPSA) is 52.7 Å². The minimum atomic E-state index is -0.636. The molecule has 0 bridgehead atoms. The second-order valence-corrected chi connectivity index (χ2v) is 9.02. The average Bonchev–Trinajstić information content (AvgIpc) is 3.29. The molecule has 5 nitrogen and oxygen atoms in total. The van der Waals surface area contributed by atoms with Gasteiger partial charge in [-0.3, -0.25) is 9.59 Å². The number of carbonyl (C=O) groups excluding carboxylic acids is 2. The van der Waals surface area contributed by atoms with Crippen LogP contribution in [0.4, 0.5) is 5.69 Å². The van der Waals surface area contributed by atoms with Crippen LogP contribution in [0.15, 0.2) is 78.9 Å². The van der Waals surface area contributed by atoms with Gasteiger partial charge in [0.2, 0.25) is 5.91 Å². The van der Waals surface area contributed by atoms with E-state index in [0.717, 1.165) is 22.4 Å². The molecule has 4 rings (SSSR count). The fraction of sp³-hybridized carbons (Fsp3) is 0.286. The van der Waals surface area contributed by atoms with Crippen LogP contribution in [0, 0.1) is 5.41 Å². The summed E-state index contributed by atoms with van der Waals surface area (Å²) in [5.41, 5.74) is 4.45. The van der Waals surface area contributed by atoms with Crippen molar-refractivity contribution in [1.29, 1.82) is 0 Å². The molecule has 2 amide bonds. The number of hydrogen-bond donors (Lipinski definition) is 1. The summed E-state index contributed by atoms with van der Waals surface area (Å²) in [5, 5.41) is 2.85. The van der Waals surface area contributed by atoms with Gasteiger partial charge < -0.3 is 15.1 Å². The van der Waals surface area contributed by atoms with E-state index in [-0.39, 0.29) is 11.8 Å². The summed E-state index contributed by atoms with van der Waals surface area (Å²) in [5.74, 6) is -0.0324. The molecule has 3 aromatic carbocycles. The largest absolute Gasteiger partial charge is 0.378 e. The van der Waals surface area contributed by atoms with Gasteiger partial charge in [-0.25, -0.2) is 0 Å². The first-order valence-electron chi connectivity index (χ1n) is 11.3. The standard InChI is InChI=1S/C28H31N3O2/c1-29-27(33)28(19-21-8-7-11-24(18-21)22-9-5-4-6-10-22)16-17-31(20-28)26(32)23-12-14-25(15-13-23)30(2)3/h4-15,18H,16-17,19-20H2,1-3H3,(H,29,33). The fourth-order valence-electron chi connectivity index (χ4n) is 4.69. The summed E-state index contributed by atoms with van der Waals surface area (Å²) < 4.78 is 0. The van der Waals surface area contributed by atoms with Crippen LogP contribution >= 0.6 is 0 Å². The summed E-state index contributed by atoms with van der Waals surface area (Å²) in [4.78, 5) is 30.1. The van der Waals surface area contributed by atoms with Gasteiger partial charge in [0.25, 0.3) is 5.91 Å². The number of hydrogen-bond acceptors (Lipinski definition) is 3. The van der Waals surface area contributed by atoms with E-state index in [2.05, 4.69) is 35.6 Å². The monoisotopic (exact) mass is 441 g/mol. The maximum Gasteiger partial charge on any atom is 0.253 e. The third-order valence-corrected chi connectivity index (χ3v) is 6.56. The highest BCUT2D eigenvalue weighted by Crippen LogP contribution is 2.36. The molecule has 1 heterocycles. The fourth-order valence-corrected chi connectivity index (χ4v) is 4.69. The molecule has 170 valence electrons. The minimum absolute atomic E-state index is 0.00845. The van der Waals surface area contributed by atoms with Crippen LogP contribution in [0.3, 0.4) is 0 Å². The Morgan fingerprint density at radius 1 is 0.939 bits per heavy atom. The molecule has 0 radical (unpaired) electrons. The molecule has 1 saturated heterocycles. The summed E-state index contributed by atoms with van der Waals surface area (Å²) in [6.45, 7) is 0.983. The lowest BCUT2D eigenvalue weighted by atomic mass is 9.79. The molecular weight excluding hydrogens is 410 g/mol. The molecular formula is C28H31N3O2. The van der Waals surface area contributed by atoms with Crippen molar-refractivity contribution in [3.63, 3.8) is 0 Å². The third-order valence-electron chi connectivity index (χ3n) is 6.56. The van der Waals surface area contributed by atoms with Gasteiger partial charge in [-0.2, -0.15) is 0 Å². The SMILES string of the molecule is CNC(=O)C1(Cc2cccc(-c3ccccc3)c2)CCN(C(=O)c2ccc(N(C)C)cc2)C1. The zero-order chi connectivity index (χ0) is 23.4. The summed E-state index contributed by atoms with van der Waals surface area (Å²) in [7, 11) is 5.62. The van der Waals surface area contributed by atoms with E-state index in [1.54, 1.807) is 7.05 Å². The van der Waals surface area contributed by atoms with Gasteiger partial charge in [0.15, 0.2) is 0 Å². The first-order valence-corrected chi connectivity index (χ1v) is 11.3. The van der Waals surface area contributed by atoms with Gasteiger partial charge in [0.1, 0.15) is 0 Å². The molecule has 0 aliphatic carbocycles. The van der Waals surface area contributed by atoms with Crippen molar-refractivity contribution in [3.8, 4) is 11.1 Å². The normalized spacial score (nSPS) is 17.6. The van der Waals surface area contributed by atoms with Crippen molar-refractivity contribution in [1.82, 2.24) is 10.2 Å². The zero-order valence-corrected chi connectivity index (χ0v) is 19.5. The summed E-state index contributed by atoms with van der Waals surface area (Å²) in [6.07, 6.45) is 1.24. The van der Waals surface area contributed by atoms with Crippen molar-refractivity contribution in [2.45, 2.75) is 12.8 Å². The van der Waals surface area contributed by atoms with Crippen molar-refractivity contribution >= 4 is 17.5 Å². The van der Waals surface area contributed by atoms with E-state index >= 15 is 0 Å². The number of nitrogens with one attached hydrogen (secondary N) is 1. The summed E-state index contributed by atoms with van der Waals surface area (Å²) >= 11 is 0. The third kappa shape index (κ3) is 4.77. The molecule has 1 atom stereocenters. The van der Waals surface area contributed by atoms with Crippen LogP contribution in [0.5, 0.6) is 0 Å². The number of carbonyl (C=O) groups is 2. The Morgan fingerprint density at radius 2 is 1.64 bits per heavy atom. The van der Waals surface area contributed by atoms with E-state index in [9.17, 15) is 9.59 Å². The van der Waals surface area contributed by atoms with Gasteiger partial charge in [0, 0.05) is 45.5 Å². The molecule has 1 N–H and O–H groups in total. The van der Waals surface area contributed by atoms with Crippen LogP contribution in [0.1, 0.15) is 22.3 Å². The highest BCUT2D eigenvalue weighted by atomic mass is 16.2. The predicted molar refractivity (Wildman–Crippen MR) is 133 cm³/mol. The molecule has 33 heavy (non-hydrogen) atoms. The smallest absolute Gasteiger partial charge is 0.253 e. The number of nitrogens with zero attached hydrogens (tertiary/aromatic N) is 2. The predicted octanol–water partition coefficient (Wildman–Crippen LogP) is 4.24. The molecule has 1 unspecified atom stereocenters. The quantitative estimate of drug-likeness (QED) is 0.623. The van der Waals surface area contributed by atoms with Crippen LogP contribution in [0.25, 0.3) is 11.1 Å². The maximum atomic E-state index is 13.2. The molecule has 1 aliphatic rings. The average molecular weight is 442 g/mol. The van der Waals surface area contributed by atoms with Crippen LogP contribution in [0.2, 0.25) is 0 Å². The van der Waals surface area contributed by atoms with Crippen LogP contribution in [-0.2, 0) is 11.2 Å². The molecule has 5 heteroatoms. The van der Waals surface area contributed by atoms with Crippen LogP contribution in [-0.4, -0.2) is 50.9 Å². The maximum absolute atomic E-state index is 13.2. The number of anilines is 1. The summed E-state index contributed by atoms with van der Waals surface area (Å²) in [6, 6.07) is 26.2. The molecule has 1 aliphatic heterocycles. The number of benzene rings is 3. The van der Waals surface area contributed by atoms with E-state index in [4.69, 9.17) is 0 Å². The number of rotatable bonds is 6. The van der Waals surface area contributed by atoms with Gasteiger partial charge in [-0.15, -0.1) is 0 Å². The second kappa shape index (κ2) is 9.49. The lowest BCUT2D eigenvalue weighted by Crippen LogP contribution is -2.44. The zero-order valence-electron chi connectivity index (χ0n) is 19.5. The van der Waals surface area contributed by atoms with Crippen molar-refractivity contribution in [3.05, 3.63) is 90.0 Å². The highest BCUT2D eigenvalue weighted by molar-refractivity contribution is 5.95.